The average Bonchev–Trinajstić information content (AvgIpc) is 2.76. The summed E-state index contributed by atoms with van der Waals surface area (Å²) in [7, 11) is 0. The summed E-state index contributed by atoms with van der Waals surface area (Å²) < 4.78 is 0. The normalized spacial score (nSPS) is 10.8. The van der Waals surface area contributed by atoms with Crippen LogP contribution in [-0.4, -0.2) is 34.9 Å². The summed E-state index contributed by atoms with van der Waals surface area (Å²) in [6, 6.07) is 20.1. The second-order valence-electron chi connectivity index (χ2n) is 6.51. The topological polar surface area (TPSA) is 104 Å². The number of nitrogens with one attached hydrogen (secondary N) is 3. The van der Waals surface area contributed by atoms with Crippen molar-refractivity contribution in [3.63, 3.8) is 0 Å². The Balaban J connectivity index is 1.34. The van der Waals surface area contributed by atoms with Gasteiger partial charge in [0.2, 0.25) is 0 Å². The number of aromatic nitrogens is 2. The van der Waals surface area contributed by atoms with Crippen molar-refractivity contribution in [1.29, 1.82) is 0 Å². The zero-order valence-corrected chi connectivity index (χ0v) is 15.4. The molecule has 4 aromatic rings. The highest BCUT2D eigenvalue weighted by molar-refractivity contribution is 5.98. The van der Waals surface area contributed by atoms with E-state index in [0.717, 1.165) is 10.8 Å². The van der Waals surface area contributed by atoms with Gasteiger partial charge in [-0.1, -0.05) is 42.5 Å². The van der Waals surface area contributed by atoms with E-state index >= 15 is 0 Å². The smallest absolute Gasteiger partial charge is 0.287 e. The molecular weight excluding hydrogens is 368 g/mol. The molecule has 0 aliphatic carbocycles. The number of hydrogen-bond donors (Lipinski definition) is 3. The molecule has 3 N–H and O–H groups in total. The first-order valence-corrected chi connectivity index (χ1v) is 9.16. The molecule has 0 aliphatic rings. The minimum atomic E-state index is -0.507. The Labute approximate surface area is 165 Å². The maximum Gasteiger partial charge on any atom is 0.287 e. The first-order valence-electron chi connectivity index (χ1n) is 9.16. The van der Waals surface area contributed by atoms with Gasteiger partial charge in [0.25, 0.3) is 17.4 Å². The first-order chi connectivity index (χ1) is 14.1. The molecule has 0 unspecified atom stereocenters. The van der Waals surface area contributed by atoms with Crippen molar-refractivity contribution in [2.24, 2.45) is 0 Å². The predicted molar refractivity (Wildman–Crippen MR) is 111 cm³/mol. The fourth-order valence-corrected chi connectivity index (χ4v) is 3.06. The van der Waals surface area contributed by atoms with Gasteiger partial charge in [-0.25, -0.2) is 4.98 Å². The number of aromatic amines is 1. The summed E-state index contributed by atoms with van der Waals surface area (Å²) in [5, 5.41) is 7.88. The van der Waals surface area contributed by atoms with Gasteiger partial charge in [0.15, 0.2) is 5.82 Å². The van der Waals surface area contributed by atoms with Crippen molar-refractivity contribution in [3.8, 4) is 0 Å². The van der Waals surface area contributed by atoms with E-state index in [1.54, 1.807) is 30.3 Å². The highest BCUT2D eigenvalue weighted by atomic mass is 16.2. The van der Waals surface area contributed by atoms with Gasteiger partial charge in [-0.2, -0.15) is 0 Å². The molecule has 1 heterocycles. The molecule has 1 aromatic heterocycles. The van der Waals surface area contributed by atoms with Crippen LogP contribution in [0.1, 0.15) is 21.0 Å². The van der Waals surface area contributed by atoms with Crippen LogP contribution in [-0.2, 0) is 0 Å². The lowest BCUT2D eigenvalue weighted by atomic mass is 10.1. The Hall–Kier alpha value is -4.00. The third-order valence-electron chi connectivity index (χ3n) is 4.54. The van der Waals surface area contributed by atoms with Crippen LogP contribution >= 0.6 is 0 Å². The van der Waals surface area contributed by atoms with Crippen LogP contribution in [0.3, 0.4) is 0 Å². The summed E-state index contributed by atoms with van der Waals surface area (Å²) in [5.41, 5.74) is 0.631. The van der Waals surface area contributed by atoms with E-state index in [0.29, 0.717) is 16.5 Å². The lowest BCUT2D eigenvalue weighted by Gasteiger charge is -2.08. The largest absolute Gasteiger partial charge is 0.350 e. The van der Waals surface area contributed by atoms with Crippen molar-refractivity contribution in [2.45, 2.75) is 0 Å². The number of para-hydroxylation sites is 1. The van der Waals surface area contributed by atoms with E-state index < -0.39 is 5.91 Å². The number of carbonyl (C=O) groups is 2. The molecule has 4 rings (SSSR count). The maximum absolute atomic E-state index is 12.3. The summed E-state index contributed by atoms with van der Waals surface area (Å²) in [4.78, 5) is 43.2. The number of nitrogens with zero attached hydrogens (tertiary/aromatic N) is 1. The van der Waals surface area contributed by atoms with Crippen LogP contribution in [0.25, 0.3) is 21.7 Å². The van der Waals surface area contributed by atoms with Crippen LogP contribution in [0.4, 0.5) is 0 Å². The van der Waals surface area contributed by atoms with Crippen molar-refractivity contribution in [2.75, 3.05) is 13.1 Å². The van der Waals surface area contributed by atoms with Gasteiger partial charge in [0.05, 0.1) is 10.9 Å². The summed E-state index contributed by atoms with van der Waals surface area (Å²) in [6.45, 7) is 0.448. The van der Waals surface area contributed by atoms with Crippen LogP contribution in [0.2, 0.25) is 0 Å². The Bertz CT molecular complexity index is 1280. The van der Waals surface area contributed by atoms with Crippen LogP contribution in [0.5, 0.6) is 0 Å². The van der Waals surface area contributed by atoms with Crippen molar-refractivity contribution < 1.29 is 9.59 Å². The fourth-order valence-electron chi connectivity index (χ4n) is 3.06. The van der Waals surface area contributed by atoms with Gasteiger partial charge >= 0.3 is 0 Å². The second kappa shape index (κ2) is 7.93. The molecule has 0 aliphatic heterocycles. The van der Waals surface area contributed by atoms with Gasteiger partial charge in [0, 0.05) is 18.7 Å². The molecule has 2 amide bonds. The number of fused-ring (bicyclic) bond motifs is 2. The zero-order valence-electron chi connectivity index (χ0n) is 15.4. The number of carbonyl (C=O) groups excluding carboxylic acids is 2. The van der Waals surface area contributed by atoms with E-state index in [2.05, 4.69) is 20.6 Å². The van der Waals surface area contributed by atoms with E-state index in [9.17, 15) is 14.4 Å². The van der Waals surface area contributed by atoms with E-state index in [4.69, 9.17) is 0 Å². The SMILES string of the molecule is O=C(NCCNC(=O)c1nc2ccccc2c(=O)[nH]1)c1ccc2ccccc2c1. The van der Waals surface area contributed by atoms with Crippen molar-refractivity contribution >= 4 is 33.5 Å². The van der Waals surface area contributed by atoms with E-state index in [1.165, 1.54) is 0 Å². The molecular formula is C22H18N4O3. The molecule has 144 valence electrons. The fraction of sp³-hybridized carbons (Fsp3) is 0.0909. The molecule has 0 atom stereocenters. The Kier molecular flexibility index (Phi) is 5.03. The van der Waals surface area contributed by atoms with Crippen LogP contribution in [0.15, 0.2) is 71.5 Å². The predicted octanol–water partition coefficient (Wildman–Crippen LogP) is 2.24. The lowest BCUT2D eigenvalue weighted by molar-refractivity contribution is 0.0922. The number of H-pyrrole nitrogens is 1. The molecule has 0 saturated carbocycles. The summed E-state index contributed by atoms with van der Waals surface area (Å²) in [5.74, 6) is -0.787. The molecule has 0 radical (unpaired) electrons. The molecule has 7 heteroatoms. The number of rotatable bonds is 5. The van der Waals surface area contributed by atoms with Crippen molar-refractivity contribution in [1.82, 2.24) is 20.6 Å². The summed E-state index contributed by atoms with van der Waals surface area (Å²) >= 11 is 0. The number of amides is 2. The Morgan fingerprint density at radius 2 is 1.52 bits per heavy atom. The Morgan fingerprint density at radius 1 is 0.828 bits per heavy atom. The van der Waals surface area contributed by atoms with Crippen molar-refractivity contribution in [3.05, 3.63) is 88.5 Å². The van der Waals surface area contributed by atoms with E-state index in [1.807, 2.05) is 36.4 Å². The molecule has 29 heavy (non-hydrogen) atoms. The Morgan fingerprint density at radius 3 is 2.34 bits per heavy atom. The van der Waals surface area contributed by atoms with Crippen LogP contribution < -0.4 is 16.2 Å². The number of benzene rings is 3. The minimum Gasteiger partial charge on any atom is -0.350 e. The van der Waals surface area contributed by atoms with Gasteiger partial charge in [-0.15, -0.1) is 0 Å². The minimum absolute atomic E-state index is 0.0606. The third-order valence-corrected chi connectivity index (χ3v) is 4.54. The molecule has 0 bridgehead atoms. The molecule has 7 nitrogen and oxygen atoms in total. The standard InChI is InChI=1S/C22H18N4O3/c27-20(16-10-9-14-5-1-2-6-15(14)13-16)23-11-12-24-22(29)19-25-18-8-4-3-7-17(18)21(28)26-19/h1-10,13H,11-12H2,(H,23,27)(H,24,29)(H,25,26,28). The molecule has 3 aromatic carbocycles. The van der Waals surface area contributed by atoms with Gasteiger partial charge in [0.1, 0.15) is 0 Å². The monoisotopic (exact) mass is 386 g/mol. The quantitative estimate of drug-likeness (QED) is 0.458. The third kappa shape index (κ3) is 3.98. The highest BCUT2D eigenvalue weighted by Crippen LogP contribution is 2.15. The first kappa shape index (κ1) is 18.4. The second-order valence-corrected chi connectivity index (χ2v) is 6.51. The zero-order chi connectivity index (χ0) is 20.2. The van der Waals surface area contributed by atoms with Gasteiger partial charge < -0.3 is 15.6 Å². The molecule has 0 spiro atoms. The number of hydrogen-bond acceptors (Lipinski definition) is 4. The van der Waals surface area contributed by atoms with Gasteiger partial charge in [-0.3, -0.25) is 14.4 Å². The highest BCUT2D eigenvalue weighted by Gasteiger charge is 2.11. The van der Waals surface area contributed by atoms with Crippen LogP contribution in [0, 0.1) is 0 Å². The molecule has 0 fully saturated rings. The summed E-state index contributed by atoms with van der Waals surface area (Å²) in [6.07, 6.45) is 0. The van der Waals surface area contributed by atoms with Gasteiger partial charge in [-0.05, 0) is 35.0 Å². The lowest BCUT2D eigenvalue weighted by Crippen LogP contribution is -2.36. The van der Waals surface area contributed by atoms with E-state index in [-0.39, 0.29) is 30.4 Å². The maximum atomic E-state index is 12.3. The molecule has 0 saturated heterocycles. The average molecular weight is 386 g/mol.